The molecule has 0 radical (unpaired) electrons. The molecule has 9 heteroatoms. The van der Waals surface area contributed by atoms with E-state index in [1.54, 1.807) is 60.8 Å². The van der Waals surface area contributed by atoms with E-state index in [0.717, 1.165) is 16.9 Å². The van der Waals surface area contributed by atoms with E-state index < -0.39 is 25.1 Å². The zero-order chi connectivity index (χ0) is 21.1. The standard InChI is InChI=1S/C20H21NO5S3/c1-15-10-11-17(26-2)18(13-15)29(24,25)21-14-19(16-7-4-3-5-8-16)28(22,23)20-9-6-12-27-20/h3-13,19,21H,14H2,1-2H3/t19-/m1/s1. The summed E-state index contributed by atoms with van der Waals surface area (Å²) in [5.41, 5.74) is 1.26. The Balaban J connectivity index is 1.97. The van der Waals surface area contributed by atoms with Crippen molar-refractivity contribution in [3.05, 3.63) is 77.2 Å². The SMILES string of the molecule is COc1ccc(C)cc1S(=O)(=O)NC[C@H](c1ccccc1)S(=O)(=O)c1cccs1. The molecule has 6 nitrogen and oxygen atoms in total. The molecule has 0 aliphatic heterocycles. The van der Waals surface area contributed by atoms with Crippen LogP contribution in [0.3, 0.4) is 0 Å². The lowest BCUT2D eigenvalue weighted by Gasteiger charge is -2.19. The maximum absolute atomic E-state index is 13.2. The van der Waals surface area contributed by atoms with Gasteiger partial charge in [-0.1, -0.05) is 42.5 Å². The van der Waals surface area contributed by atoms with E-state index in [1.165, 1.54) is 19.2 Å². The molecule has 29 heavy (non-hydrogen) atoms. The molecule has 3 aromatic rings. The van der Waals surface area contributed by atoms with Crippen LogP contribution in [0, 0.1) is 6.92 Å². The van der Waals surface area contributed by atoms with Crippen LogP contribution in [0.2, 0.25) is 0 Å². The minimum absolute atomic E-state index is 0.0275. The van der Waals surface area contributed by atoms with Crippen LogP contribution in [-0.2, 0) is 19.9 Å². The van der Waals surface area contributed by atoms with Crippen LogP contribution in [0.4, 0.5) is 0 Å². The molecule has 0 amide bonds. The van der Waals surface area contributed by atoms with Gasteiger partial charge in [0.1, 0.15) is 20.1 Å². The molecule has 154 valence electrons. The van der Waals surface area contributed by atoms with E-state index in [-0.39, 0.29) is 21.4 Å². The summed E-state index contributed by atoms with van der Waals surface area (Å²) in [5.74, 6) is 0.195. The molecule has 0 unspecified atom stereocenters. The van der Waals surface area contributed by atoms with Gasteiger partial charge in [0.15, 0.2) is 9.84 Å². The lowest BCUT2D eigenvalue weighted by Crippen LogP contribution is -2.32. The smallest absolute Gasteiger partial charge is 0.244 e. The van der Waals surface area contributed by atoms with Gasteiger partial charge >= 0.3 is 0 Å². The lowest BCUT2D eigenvalue weighted by atomic mass is 10.1. The molecule has 0 fully saturated rings. The third kappa shape index (κ3) is 4.69. The van der Waals surface area contributed by atoms with Crippen molar-refractivity contribution in [2.24, 2.45) is 0 Å². The Morgan fingerprint density at radius 2 is 1.72 bits per heavy atom. The highest BCUT2D eigenvalue weighted by Gasteiger charge is 2.32. The zero-order valence-corrected chi connectivity index (χ0v) is 18.4. The first-order chi connectivity index (χ1) is 13.8. The van der Waals surface area contributed by atoms with Crippen molar-refractivity contribution in [1.29, 1.82) is 0 Å². The number of sulfone groups is 1. The van der Waals surface area contributed by atoms with Crippen LogP contribution in [0.15, 0.2) is 75.1 Å². The van der Waals surface area contributed by atoms with Gasteiger partial charge in [-0.2, -0.15) is 0 Å². The number of rotatable bonds is 8. The fourth-order valence-corrected chi connectivity index (χ4v) is 7.17. The van der Waals surface area contributed by atoms with Crippen LogP contribution in [0.25, 0.3) is 0 Å². The van der Waals surface area contributed by atoms with Crippen LogP contribution in [-0.4, -0.2) is 30.5 Å². The van der Waals surface area contributed by atoms with Gasteiger partial charge in [0.05, 0.1) is 7.11 Å². The third-order valence-electron chi connectivity index (χ3n) is 4.39. The van der Waals surface area contributed by atoms with Gasteiger partial charge < -0.3 is 4.74 Å². The Morgan fingerprint density at radius 1 is 1.00 bits per heavy atom. The van der Waals surface area contributed by atoms with Crippen LogP contribution in [0.1, 0.15) is 16.4 Å². The van der Waals surface area contributed by atoms with Crippen LogP contribution < -0.4 is 9.46 Å². The van der Waals surface area contributed by atoms with Gasteiger partial charge in [-0.15, -0.1) is 11.3 Å². The number of benzene rings is 2. The highest BCUT2D eigenvalue weighted by molar-refractivity contribution is 7.93. The third-order valence-corrected chi connectivity index (χ3v) is 9.37. The van der Waals surface area contributed by atoms with Gasteiger partial charge in [-0.05, 0) is 41.6 Å². The molecule has 0 aliphatic rings. The number of nitrogens with one attached hydrogen (secondary N) is 1. The Morgan fingerprint density at radius 3 is 2.34 bits per heavy atom. The molecular formula is C20H21NO5S3. The zero-order valence-electron chi connectivity index (χ0n) is 15.9. The van der Waals surface area contributed by atoms with Gasteiger partial charge in [0.25, 0.3) is 0 Å². The Kier molecular flexibility index (Phi) is 6.42. The predicted octanol–water partition coefficient (Wildman–Crippen LogP) is 3.56. The fraction of sp³-hybridized carbons (Fsp3) is 0.200. The fourth-order valence-electron chi connectivity index (χ4n) is 2.90. The monoisotopic (exact) mass is 451 g/mol. The highest BCUT2D eigenvalue weighted by atomic mass is 32.2. The van der Waals surface area contributed by atoms with Crippen LogP contribution in [0.5, 0.6) is 5.75 Å². The maximum atomic E-state index is 13.2. The van der Waals surface area contributed by atoms with Gasteiger partial charge in [0.2, 0.25) is 10.0 Å². The quantitative estimate of drug-likeness (QED) is 0.566. The van der Waals surface area contributed by atoms with Crippen molar-refractivity contribution in [2.45, 2.75) is 21.3 Å². The lowest BCUT2D eigenvalue weighted by molar-refractivity contribution is 0.402. The molecular weight excluding hydrogens is 430 g/mol. The van der Waals surface area contributed by atoms with E-state index in [9.17, 15) is 16.8 Å². The molecule has 1 atom stereocenters. The first-order valence-corrected chi connectivity index (χ1v) is 12.6. The summed E-state index contributed by atoms with van der Waals surface area (Å²) >= 11 is 1.11. The van der Waals surface area contributed by atoms with E-state index >= 15 is 0 Å². The number of thiophene rings is 1. The second kappa shape index (κ2) is 8.66. The average Bonchev–Trinajstić information content (AvgIpc) is 3.24. The summed E-state index contributed by atoms with van der Waals surface area (Å²) in [4.78, 5) is -0.0275. The topological polar surface area (TPSA) is 89.5 Å². The Labute approximate surface area is 175 Å². The first-order valence-electron chi connectivity index (χ1n) is 8.72. The molecule has 1 N–H and O–H groups in total. The molecule has 0 aliphatic carbocycles. The average molecular weight is 452 g/mol. The van der Waals surface area contributed by atoms with Crippen molar-refractivity contribution >= 4 is 31.2 Å². The molecule has 0 bridgehead atoms. The van der Waals surface area contributed by atoms with E-state index in [0.29, 0.717) is 5.56 Å². The summed E-state index contributed by atoms with van der Waals surface area (Å²) in [5, 5.41) is 0.615. The minimum atomic E-state index is -3.99. The van der Waals surface area contributed by atoms with Crippen molar-refractivity contribution < 1.29 is 21.6 Å². The van der Waals surface area contributed by atoms with Crippen molar-refractivity contribution in [1.82, 2.24) is 4.72 Å². The summed E-state index contributed by atoms with van der Waals surface area (Å²) in [6.07, 6.45) is 0. The Hall–Kier alpha value is -2.20. The number of sulfonamides is 1. The predicted molar refractivity (Wildman–Crippen MR) is 114 cm³/mol. The molecule has 0 saturated heterocycles. The van der Waals surface area contributed by atoms with Gasteiger partial charge in [-0.3, -0.25) is 0 Å². The number of hydrogen-bond donors (Lipinski definition) is 1. The van der Waals surface area contributed by atoms with Crippen LogP contribution >= 0.6 is 11.3 Å². The summed E-state index contributed by atoms with van der Waals surface area (Å²) < 4.78 is 60.0. The number of hydrogen-bond acceptors (Lipinski definition) is 6. The van der Waals surface area contributed by atoms with E-state index in [1.807, 2.05) is 0 Å². The summed E-state index contributed by atoms with van der Waals surface area (Å²) in [6.45, 7) is 1.47. The van der Waals surface area contributed by atoms with Gasteiger partial charge in [0, 0.05) is 6.54 Å². The number of ether oxygens (including phenoxy) is 1. The summed E-state index contributed by atoms with van der Waals surface area (Å²) in [7, 11) is -6.39. The molecule has 1 heterocycles. The molecule has 0 spiro atoms. The Bertz CT molecular complexity index is 1170. The second-order valence-corrected chi connectivity index (χ2v) is 11.4. The normalized spacial score (nSPS) is 13.2. The van der Waals surface area contributed by atoms with Gasteiger partial charge in [-0.25, -0.2) is 21.6 Å². The first kappa shape index (κ1) is 21.5. The van der Waals surface area contributed by atoms with E-state index in [2.05, 4.69) is 4.72 Å². The second-order valence-electron chi connectivity index (χ2n) is 6.38. The molecule has 0 saturated carbocycles. The highest BCUT2D eigenvalue weighted by Crippen LogP contribution is 2.32. The van der Waals surface area contributed by atoms with Crippen molar-refractivity contribution in [3.8, 4) is 5.75 Å². The molecule has 1 aromatic heterocycles. The largest absolute Gasteiger partial charge is 0.495 e. The summed E-state index contributed by atoms with van der Waals surface area (Å²) in [6, 6.07) is 16.6. The number of methoxy groups -OCH3 is 1. The maximum Gasteiger partial charge on any atom is 0.244 e. The van der Waals surface area contributed by atoms with Crippen molar-refractivity contribution in [3.63, 3.8) is 0 Å². The molecule has 3 rings (SSSR count). The van der Waals surface area contributed by atoms with Crippen molar-refractivity contribution in [2.75, 3.05) is 13.7 Å². The number of aryl methyl sites for hydroxylation is 1. The minimum Gasteiger partial charge on any atom is -0.495 e. The molecule has 2 aromatic carbocycles. The van der Waals surface area contributed by atoms with E-state index in [4.69, 9.17) is 4.74 Å².